The SMILES string of the molecule is C=C1CC[C@@]2(C(C)C)C[C@@H]12. The molecule has 2 rings (SSSR count). The largest absolute Gasteiger partial charge is 0.0996 e. The summed E-state index contributed by atoms with van der Waals surface area (Å²) >= 11 is 0. The molecule has 2 aliphatic rings. The fourth-order valence-electron chi connectivity index (χ4n) is 2.64. The van der Waals surface area contributed by atoms with Gasteiger partial charge in [-0.05, 0) is 36.5 Å². The fourth-order valence-corrected chi connectivity index (χ4v) is 2.64. The Hall–Kier alpha value is -0.260. The Bertz CT molecular complexity index is 178. The molecule has 0 nitrogen and oxygen atoms in total. The lowest BCUT2D eigenvalue weighted by atomic mass is 9.90. The third-order valence-electron chi connectivity index (χ3n) is 3.67. The van der Waals surface area contributed by atoms with Gasteiger partial charge in [0, 0.05) is 0 Å². The predicted molar refractivity (Wildman–Crippen MR) is 43.8 cm³/mol. The molecule has 0 saturated heterocycles. The lowest BCUT2D eigenvalue weighted by Crippen LogP contribution is -2.07. The Labute approximate surface area is 63.3 Å². The topological polar surface area (TPSA) is 0 Å². The van der Waals surface area contributed by atoms with Gasteiger partial charge in [-0.25, -0.2) is 0 Å². The zero-order valence-corrected chi connectivity index (χ0v) is 6.98. The third kappa shape index (κ3) is 0.574. The summed E-state index contributed by atoms with van der Waals surface area (Å²) in [7, 11) is 0. The monoisotopic (exact) mass is 136 g/mol. The summed E-state index contributed by atoms with van der Waals surface area (Å²) in [6, 6.07) is 0. The molecule has 0 unspecified atom stereocenters. The van der Waals surface area contributed by atoms with Crippen LogP contribution in [0.3, 0.4) is 0 Å². The highest BCUT2D eigenvalue weighted by atomic mass is 14.6. The minimum Gasteiger partial charge on any atom is -0.0996 e. The van der Waals surface area contributed by atoms with E-state index in [4.69, 9.17) is 0 Å². The van der Waals surface area contributed by atoms with Crippen molar-refractivity contribution in [3.8, 4) is 0 Å². The van der Waals surface area contributed by atoms with Gasteiger partial charge in [0.1, 0.15) is 0 Å². The van der Waals surface area contributed by atoms with E-state index in [2.05, 4.69) is 20.4 Å². The maximum absolute atomic E-state index is 4.10. The van der Waals surface area contributed by atoms with E-state index in [0.29, 0.717) is 0 Å². The fraction of sp³-hybridized carbons (Fsp3) is 0.800. The standard InChI is InChI=1S/C10H16/c1-7(2)10-5-4-8(3)9(10)6-10/h7,9H,3-6H2,1-2H3/t9-,10-/m0/s1. The van der Waals surface area contributed by atoms with E-state index in [1.807, 2.05) is 0 Å². The van der Waals surface area contributed by atoms with Crippen molar-refractivity contribution in [3.05, 3.63) is 12.2 Å². The van der Waals surface area contributed by atoms with Gasteiger partial charge in [-0.2, -0.15) is 0 Å². The molecule has 0 spiro atoms. The van der Waals surface area contributed by atoms with E-state index in [0.717, 1.165) is 17.3 Å². The molecule has 0 bridgehead atoms. The van der Waals surface area contributed by atoms with Gasteiger partial charge in [0.25, 0.3) is 0 Å². The third-order valence-corrected chi connectivity index (χ3v) is 3.67. The zero-order chi connectivity index (χ0) is 7.35. The summed E-state index contributed by atoms with van der Waals surface area (Å²) in [5.41, 5.74) is 2.27. The molecular weight excluding hydrogens is 120 g/mol. The second kappa shape index (κ2) is 1.66. The van der Waals surface area contributed by atoms with Gasteiger partial charge in [-0.3, -0.25) is 0 Å². The van der Waals surface area contributed by atoms with Crippen LogP contribution in [0.15, 0.2) is 12.2 Å². The zero-order valence-electron chi connectivity index (χ0n) is 6.98. The van der Waals surface area contributed by atoms with Crippen molar-refractivity contribution in [2.45, 2.75) is 33.1 Å². The molecule has 0 heterocycles. The molecular formula is C10H16. The maximum atomic E-state index is 4.10. The van der Waals surface area contributed by atoms with E-state index < -0.39 is 0 Å². The second-order valence-electron chi connectivity index (χ2n) is 4.30. The lowest BCUT2D eigenvalue weighted by molar-refractivity contribution is 0.344. The van der Waals surface area contributed by atoms with Crippen molar-refractivity contribution in [2.75, 3.05) is 0 Å². The Balaban J connectivity index is 2.18. The van der Waals surface area contributed by atoms with Gasteiger partial charge < -0.3 is 0 Å². The summed E-state index contributed by atoms with van der Waals surface area (Å²) in [6.45, 7) is 8.82. The molecule has 0 aromatic heterocycles. The number of rotatable bonds is 1. The molecule has 0 aliphatic heterocycles. The van der Waals surface area contributed by atoms with Crippen LogP contribution in [-0.2, 0) is 0 Å². The summed E-state index contributed by atoms with van der Waals surface area (Å²) in [4.78, 5) is 0. The van der Waals surface area contributed by atoms with Crippen molar-refractivity contribution in [1.82, 2.24) is 0 Å². The second-order valence-corrected chi connectivity index (χ2v) is 4.30. The Kier molecular flexibility index (Phi) is 1.07. The number of fused-ring (bicyclic) bond motifs is 1. The molecule has 0 heteroatoms. The molecule has 0 amide bonds. The smallest absolute Gasteiger partial charge is 0.0141 e. The average Bonchev–Trinajstić information content (AvgIpc) is 2.52. The normalized spacial score (nSPS) is 44.3. The van der Waals surface area contributed by atoms with Gasteiger partial charge in [-0.15, -0.1) is 0 Å². The van der Waals surface area contributed by atoms with Crippen molar-refractivity contribution in [2.24, 2.45) is 17.3 Å². The Morgan fingerprint density at radius 1 is 1.60 bits per heavy atom. The van der Waals surface area contributed by atoms with E-state index in [9.17, 15) is 0 Å². The van der Waals surface area contributed by atoms with Crippen molar-refractivity contribution in [3.63, 3.8) is 0 Å². The molecule has 0 N–H and O–H groups in total. The van der Waals surface area contributed by atoms with Crippen LogP contribution < -0.4 is 0 Å². The van der Waals surface area contributed by atoms with Gasteiger partial charge >= 0.3 is 0 Å². The molecule has 10 heavy (non-hydrogen) atoms. The van der Waals surface area contributed by atoms with Gasteiger partial charge in [0.15, 0.2) is 0 Å². The highest BCUT2D eigenvalue weighted by molar-refractivity contribution is 5.26. The minimum absolute atomic E-state index is 0.733. The first-order valence-corrected chi connectivity index (χ1v) is 4.34. The summed E-state index contributed by atoms with van der Waals surface area (Å²) in [5.74, 6) is 1.81. The van der Waals surface area contributed by atoms with E-state index >= 15 is 0 Å². The quantitative estimate of drug-likeness (QED) is 0.486. The summed E-state index contributed by atoms with van der Waals surface area (Å²) < 4.78 is 0. The Morgan fingerprint density at radius 2 is 2.30 bits per heavy atom. The number of allylic oxidation sites excluding steroid dienone is 1. The van der Waals surface area contributed by atoms with Crippen LogP contribution >= 0.6 is 0 Å². The molecule has 2 fully saturated rings. The first kappa shape index (κ1) is 6.45. The van der Waals surface area contributed by atoms with Crippen molar-refractivity contribution < 1.29 is 0 Å². The molecule has 2 aliphatic carbocycles. The molecule has 0 radical (unpaired) electrons. The first-order valence-electron chi connectivity index (χ1n) is 4.34. The molecule has 2 atom stereocenters. The van der Waals surface area contributed by atoms with Crippen LogP contribution in [0, 0.1) is 17.3 Å². The maximum Gasteiger partial charge on any atom is -0.0141 e. The van der Waals surface area contributed by atoms with Crippen LogP contribution in [0.4, 0.5) is 0 Å². The van der Waals surface area contributed by atoms with Gasteiger partial charge in [0.05, 0.1) is 0 Å². The van der Waals surface area contributed by atoms with Crippen LogP contribution in [0.25, 0.3) is 0 Å². The molecule has 0 aromatic rings. The molecule has 2 saturated carbocycles. The minimum atomic E-state index is 0.733. The van der Waals surface area contributed by atoms with E-state index in [-0.39, 0.29) is 0 Å². The molecule has 56 valence electrons. The van der Waals surface area contributed by atoms with Crippen molar-refractivity contribution in [1.29, 1.82) is 0 Å². The predicted octanol–water partition coefficient (Wildman–Crippen LogP) is 3.00. The van der Waals surface area contributed by atoms with Gasteiger partial charge in [-0.1, -0.05) is 26.0 Å². The van der Waals surface area contributed by atoms with Crippen LogP contribution in [0.1, 0.15) is 33.1 Å². The highest BCUT2D eigenvalue weighted by Gasteiger charge is 2.59. The summed E-state index contributed by atoms with van der Waals surface area (Å²) in [6.07, 6.45) is 4.18. The van der Waals surface area contributed by atoms with Crippen molar-refractivity contribution >= 4 is 0 Å². The van der Waals surface area contributed by atoms with E-state index in [1.54, 1.807) is 0 Å². The number of hydrogen-bond donors (Lipinski definition) is 0. The first-order chi connectivity index (χ1) is 4.67. The van der Waals surface area contributed by atoms with Crippen LogP contribution in [0.2, 0.25) is 0 Å². The van der Waals surface area contributed by atoms with E-state index in [1.165, 1.54) is 24.8 Å². The number of hydrogen-bond acceptors (Lipinski definition) is 0. The van der Waals surface area contributed by atoms with Crippen LogP contribution in [0.5, 0.6) is 0 Å². The highest BCUT2D eigenvalue weighted by Crippen LogP contribution is 2.69. The summed E-state index contributed by atoms with van der Waals surface area (Å²) in [5, 5.41) is 0. The Morgan fingerprint density at radius 3 is 2.50 bits per heavy atom. The lowest BCUT2D eigenvalue weighted by Gasteiger charge is -2.15. The van der Waals surface area contributed by atoms with Crippen LogP contribution in [-0.4, -0.2) is 0 Å². The molecule has 0 aromatic carbocycles. The van der Waals surface area contributed by atoms with Gasteiger partial charge in [0.2, 0.25) is 0 Å². The average molecular weight is 136 g/mol.